The fourth-order valence-electron chi connectivity index (χ4n) is 2.74. The molecule has 7 heteroatoms. The molecule has 0 aliphatic carbocycles. The Morgan fingerprint density at radius 2 is 1.61 bits per heavy atom. The summed E-state index contributed by atoms with van der Waals surface area (Å²) in [4.78, 5) is 32.3. The summed E-state index contributed by atoms with van der Waals surface area (Å²) in [5.74, 6) is 0.747. The summed E-state index contributed by atoms with van der Waals surface area (Å²) in [6, 6.07) is 0. The van der Waals surface area contributed by atoms with Crippen LogP contribution in [-0.2, 0) is 14.3 Å². The minimum Gasteiger partial charge on any atom is -0.460 e. The Morgan fingerprint density at radius 1 is 1.00 bits per heavy atom. The van der Waals surface area contributed by atoms with Crippen LogP contribution in [0.4, 0.5) is 0 Å². The molecule has 0 aromatic carbocycles. The number of carbonyl (C=O) groups is 2. The van der Waals surface area contributed by atoms with Crippen LogP contribution in [0.2, 0.25) is 0 Å². The quantitative estimate of drug-likeness (QED) is 0.237. The number of carbonyl (C=O) groups excluding carboxylic acids is 2. The van der Waals surface area contributed by atoms with Crippen molar-refractivity contribution in [1.29, 1.82) is 0 Å². The van der Waals surface area contributed by atoms with Crippen LogP contribution in [0.5, 0.6) is 0 Å². The number of amides is 1. The fraction of sp³-hybridized carbons (Fsp3) is 0.857. The molecule has 0 unspecified atom stereocenters. The van der Waals surface area contributed by atoms with Crippen LogP contribution in [-0.4, -0.2) is 73.0 Å². The summed E-state index contributed by atoms with van der Waals surface area (Å²) in [5.41, 5.74) is -0.410. The van der Waals surface area contributed by atoms with Crippen LogP contribution in [0.25, 0.3) is 0 Å². The van der Waals surface area contributed by atoms with Gasteiger partial charge in [-0.3, -0.25) is 14.6 Å². The third-order valence-corrected chi connectivity index (χ3v) is 4.16. The van der Waals surface area contributed by atoms with Crippen molar-refractivity contribution in [3.8, 4) is 0 Å². The van der Waals surface area contributed by atoms with Gasteiger partial charge in [-0.15, -0.1) is 0 Å². The highest BCUT2D eigenvalue weighted by Gasteiger charge is 2.16. The van der Waals surface area contributed by atoms with Gasteiger partial charge in [-0.05, 0) is 54.4 Å². The molecule has 0 aliphatic rings. The van der Waals surface area contributed by atoms with E-state index in [0.717, 1.165) is 51.3 Å². The number of guanidine groups is 1. The molecule has 0 aliphatic heterocycles. The third kappa shape index (κ3) is 12.6. The van der Waals surface area contributed by atoms with Gasteiger partial charge in [0.05, 0.1) is 6.54 Å². The van der Waals surface area contributed by atoms with E-state index in [1.165, 1.54) is 0 Å². The van der Waals surface area contributed by atoms with Gasteiger partial charge in [0.15, 0.2) is 5.96 Å². The first kappa shape index (κ1) is 26.2. The first-order valence-electron chi connectivity index (χ1n) is 10.6. The molecule has 1 N–H and O–H groups in total. The van der Waals surface area contributed by atoms with Crippen molar-refractivity contribution in [2.45, 2.75) is 79.2 Å². The van der Waals surface area contributed by atoms with Crippen molar-refractivity contribution < 1.29 is 14.3 Å². The lowest BCUT2D eigenvalue weighted by atomic mass is 10.1. The van der Waals surface area contributed by atoms with E-state index < -0.39 is 5.60 Å². The Balaban J connectivity index is 4.23. The number of ether oxygens (including phenoxy) is 1. The molecular formula is C21H42N4O3. The van der Waals surface area contributed by atoms with E-state index in [0.29, 0.717) is 19.5 Å². The van der Waals surface area contributed by atoms with Gasteiger partial charge in [0, 0.05) is 39.6 Å². The SMILES string of the molecule is CCNC(=NCCCCCCC(=O)OC(C)(C)C)N(C)CC(=O)N(CC)CC. The zero-order chi connectivity index (χ0) is 21.6. The van der Waals surface area contributed by atoms with Gasteiger partial charge in [0.25, 0.3) is 0 Å². The highest BCUT2D eigenvalue weighted by molar-refractivity contribution is 5.86. The largest absolute Gasteiger partial charge is 0.460 e. The lowest BCUT2D eigenvalue weighted by molar-refractivity contribution is -0.154. The molecule has 0 atom stereocenters. The van der Waals surface area contributed by atoms with Gasteiger partial charge in [0.1, 0.15) is 5.60 Å². The predicted molar refractivity (Wildman–Crippen MR) is 115 cm³/mol. The minimum absolute atomic E-state index is 0.111. The van der Waals surface area contributed by atoms with Crippen LogP contribution in [0.1, 0.15) is 73.6 Å². The molecule has 0 aromatic rings. The van der Waals surface area contributed by atoms with E-state index >= 15 is 0 Å². The van der Waals surface area contributed by atoms with Crippen molar-refractivity contribution in [3.63, 3.8) is 0 Å². The maximum absolute atomic E-state index is 12.3. The summed E-state index contributed by atoms with van der Waals surface area (Å²) in [6.07, 6.45) is 4.28. The molecule has 0 saturated carbocycles. The lowest BCUT2D eigenvalue weighted by Gasteiger charge is -2.25. The number of hydrogen-bond acceptors (Lipinski definition) is 4. The van der Waals surface area contributed by atoms with Crippen LogP contribution < -0.4 is 5.32 Å². The zero-order valence-electron chi connectivity index (χ0n) is 19.1. The Kier molecular flexibility index (Phi) is 13.3. The topological polar surface area (TPSA) is 74.2 Å². The van der Waals surface area contributed by atoms with Crippen molar-refractivity contribution >= 4 is 17.8 Å². The van der Waals surface area contributed by atoms with Gasteiger partial charge in [-0.2, -0.15) is 0 Å². The summed E-state index contributed by atoms with van der Waals surface area (Å²) < 4.78 is 5.31. The predicted octanol–water partition coefficient (Wildman–Crippen LogP) is 3.04. The molecule has 0 fully saturated rings. The average molecular weight is 399 g/mol. The summed E-state index contributed by atoms with van der Waals surface area (Å²) in [7, 11) is 1.89. The molecule has 1 amide bonds. The fourth-order valence-corrected chi connectivity index (χ4v) is 2.74. The van der Waals surface area contributed by atoms with E-state index in [4.69, 9.17) is 4.74 Å². The number of aliphatic imine (C=N–C) groups is 1. The van der Waals surface area contributed by atoms with Gasteiger partial charge in [-0.25, -0.2) is 0 Å². The normalized spacial score (nSPS) is 11.9. The second kappa shape index (κ2) is 14.2. The Labute approximate surface area is 171 Å². The van der Waals surface area contributed by atoms with Crippen molar-refractivity contribution in [2.75, 3.05) is 39.8 Å². The molecule has 0 radical (unpaired) electrons. The van der Waals surface area contributed by atoms with Crippen molar-refractivity contribution in [3.05, 3.63) is 0 Å². The van der Waals surface area contributed by atoms with Crippen molar-refractivity contribution in [1.82, 2.24) is 15.1 Å². The van der Waals surface area contributed by atoms with E-state index in [1.54, 1.807) is 0 Å². The molecule has 0 aromatic heterocycles. The lowest BCUT2D eigenvalue weighted by Crippen LogP contribution is -2.45. The van der Waals surface area contributed by atoms with E-state index in [9.17, 15) is 9.59 Å². The summed E-state index contributed by atoms with van der Waals surface area (Å²) in [6.45, 7) is 14.9. The molecule has 164 valence electrons. The highest BCUT2D eigenvalue weighted by atomic mass is 16.6. The molecule has 0 rings (SSSR count). The highest BCUT2D eigenvalue weighted by Crippen LogP contribution is 2.11. The Hall–Kier alpha value is -1.79. The van der Waals surface area contributed by atoms with Crippen LogP contribution >= 0.6 is 0 Å². The van der Waals surface area contributed by atoms with E-state index in [-0.39, 0.29) is 11.9 Å². The van der Waals surface area contributed by atoms with Crippen LogP contribution in [0, 0.1) is 0 Å². The number of nitrogens with zero attached hydrogens (tertiary/aromatic N) is 3. The number of likely N-dealkylation sites (N-methyl/N-ethyl adjacent to an activating group) is 2. The maximum Gasteiger partial charge on any atom is 0.306 e. The van der Waals surface area contributed by atoms with Gasteiger partial charge in [-0.1, -0.05) is 12.8 Å². The zero-order valence-corrected chi connectivity index (χ0v) is 19.1. The van der Waals surface area contributed by atoms with Gasteiger partial charge < -0.3 is 19.9 Å². The average Bonchev–Trinajstić information content (AvgIpc) is 2.59. The molecule has 0 bridgehead atoms. The first-order chi connectivity index (χ1) is 13.1. The second-order valence-corrected chi connectivity index (χ2v) is 7.91. The van der Waals surface area contributed by atoms with E-state index in [2.05, 4.69) is 10.3 Å². The molecule has 0 heterocycles. The van der Waals surface area contributed by atoms with Crippen molar-refractivity contribution in [2.24, 2.45) is 4.99 Å². The number of esters is 1. The minimum atomic E-state index is -0.410. The van der Waals surface area contributed by atoms with Crippen LogP contribution in [0.3, 0.4) is 0 Å². The van der Waals surface area contributed by atoms with Gasteiger partial charge >= 0.3 is 5.97 Å². The summed E-state index contributed by atoms with van der Waals surface area (Å²) >= 11 is 0. The first-order valence-corrected chi connectivity index (χ1v) is 10.6. The smallest absolute Gasteiger partial charge is 0.306 e. The van der Waals surface area contributed by atoms with E-state index in [1.807, 2.05) is 58.4 Å². The number of rotatable bonds is 12. The maximum atomic E-state index is 12.3. The monoisotopic (exact) mass is 398 g/mol. The third-order valence-electron chi connectivity index (χ3n) is 4.16. The van der Waals surface area contributed by atoms with Gasteiger partial charge in [0.2, 0.25) is 5.91 Å². The molecular weight excluding hydrogens is 356 g/mol. The Bertz CT molecular complexity index is 483. The number of hydrogen-bond donors (Lipinski definition) is 1. The number of nitrogens with one attached hydrogen (secondary N) is 1. The molecule has 28 heavy (non-hydrogen) atoms. The second-order valence-electron chi connectivity index (χ2n) is 7.91. The Morgan fingerprint density at radius 3 is 2.14 bits per heavy atom. The van der Waals surface area contributed by atoms with Crippen LogP contribution in [0.15, 0.2) is 4.99 Å². The molecule has 7 nitrogen and oxygen atoms in total. The standard InChI is InChI=1S/C21H42N4O3/c1-8-22-20(24(7)17-18(26)25(9-2)10-3)23-16-14-12-11-13-15-19(27)28-21(4,5)6/h8-17H2,1-7H3,(H,22,23). The molecule has 0 spiro atoms. The number of unbranched alkanes of at least 4 members (excludes halogenated alkanes) is 3. The summed E-state index contributed by atoms with van der Waals surface area (Å²) in [5, 5.41) is 3.25. The molecule has 0 saturated heterocycles.